The highest BCUT2D eigenvalue weighted by Crippen LogP contribution is 2.29. The van der Waals surface area contributed by atoms with Gasteiger partial charge in [-0.15, -0.1) is 11.6 Å². The largest absolute Gasteiger partial charge is 0.492 e. The molecule has 2 aromatic rings. The van der Waals surface area contributed by atoms with Gasteiger partial charge in [0, 0.05) is 11.3 Å². The normalized spacial score (nSPS) is 10.7. The van der Waals surface area contributed by atoms with E-state index in [9.17, 15) is 0 Å². The summed E-state index contributed by atoms with van der Waals surface area (Å²) in [5, 5.41) is 2.39. The Hall–Kier alpha value is -0.860. The van der Waals surface area contributed by atoms with E-state index >= 15 is 0 Å². The van der Waals surface area contributed by atoms with Crippen LogP contribution in [0.4, 0.5) is 0 Å². The first-order valence-electron chi connectivity index (χ1n) is 5.55. The van der Waals surface area contributed by atoms with Crippen LogP contribution >= 0.6 is 23.4 Å². The summed E-state index contributed by atoms with van der Waals surface area (Å²) in [5.74, 6) is 2.39. The fraction of sp³-hybridized carbons (Fsp3) is 0.286. The van der Waals surface area contributed by atoms with Gasteiger partial charge in [-0.3, -0.25) is 0 Å². The molecule has 0 saturated heterocycles. The quantitative estimate of drug-likeness (QED) is 0.589. The molecule has 0 N–H and O–H groups in total. The van der Waals surface area contributed by atoms with Crippen molar-refractivity contribution in [1.29, 1.82) is 0 Å². The van der Waals surface area contributed by atoms with Crippen LogP contribution in [-0.2, 0) is 5.88 Å². The van der Waals surface area contributed by atoms with Crippen molar-refractivity contribution in [3.8, 4) is 5.75 Å². The van der Waals surface area contributed by atoms with Gasteiger partial charge in [-0.1, -0.05) is 30.3 Å². The second-order valence-corrected chi connectivity index (χ2v) is 4.99. The van der Waals surface area contributed by atoms with Gasteiger partial charge in [0.05, 0.1) is 12.5 Å². The summed E-state index contributed by atoms with van der Waals surface area (Å²) < 4.78 is 5.77. The monoisotopic (exact) mass is 266 g/mol. The number of hydrogen-bond donors (Lipinski definition) is 0. The maximum Gasteiger partial charge on any atom is 0.124 e. The van der Waals surface area contributed by atoms with Gasteiger partial charge in [0.1, 0.15) is 5.75 Å². The molecule has 0 fully saturated rings. The predicted octanol–water partition coefficient (Wildman–Crippen LogP) is 4.32. The van der Waals surface area contributed by atoms with Crippen LogP contribution in [0.5, 0.6) is 5.75 Å². The Labute approximate surface area is 111 Å². The lowest BCUT2D eigenvalue weighted by molar-refractivity contribution is 0.342. The minimum absolute atomic E-state index is 0.482. The number of rotatable bonds is 5. The molecule has 0 bridgehead atoms. The molecule has 0 aliphatic rings. The van der Waals surface area contributed by atoms with Crippen molar-refractivity contribution >= 4 is 34.1 Å². The zero-order valence-electron chi connectivity index (χ0n) is 9.78. The van der Waals surface area contributed by atoms with Gasteiger partial charge >= 0.3 is 0 Å². The number of ether oxygens (including phenoxy) is 1. The molecular weight excluding hydrogens is 252 g/mol. The van der Waals surface area contributed by atoms with Gasteiger partial charge in [-0.25, -0.2) is 0 Å². The van der Waals surface area contributed by atoms with Crippen LogP contribution < -0.4 is 4.74 Å². The zero-order chi connectivity index (χ0) is 12.1. The van der Waals surface area contributed by atoms with Gasteiger partial charge in [-0.05, 0) is 23.1 Å². The molecule has 3 heteroatoms. The van der Waals surface area contributed by atoms with Crippen LogP contribution in [-0.4, -0.2) is 18.6 Å². The Bertz CT molecular complexity index is 499. The third-order valence-corrected chi connectivity index (χ3v) is 3.52. The highest BCUT2D eigenvalue weighted by atomic mass is 35.5. The molecule has 2 aromatic carbocycles. The van der Waals surface area contributed by atoms with E-state index in [2.05, 4.69) is 24.5 Å². The molecular formula is C14H15ClOS. The number of thioether (sulfide) groups is 1. The number of fused-ring (bicyclic) bond motifs is 1. The Morgan fingerprint density at radius 1 is 1.18 bits per heavy atom. The van der Waals surface area contributed by atoms with Crippen molar-refractivity contribution in [2.45, 2.75) is 5.88 Å². The van der Waals surface area contributed by atoms with Crippen molar-refractivity contribution in [2.24, 2.45) is 0 Å². The number of hydrogen-bond acceptors (Lipinski definition) is 2. The van der Waals surface area contributed by atoms with E-state index in [1.54, 1.807) is 11.8 Å². The molecule has 0 unspecified atom stereocenters. The molecule has 0 radical (unpaired) electrons. The Balaban J connectivity index is 2.35. The first-order chi connectivity index (χ1) is 8.36. The molecule has 0 spiro atoms. The highest BCUT2D eigenvalue weighted by molar-refractivity contribution is 7.98. The standard InChI is InChI=1S/C14H15ClOS/c1-17-9-8-16-14-7-6-11-4-2-3-5-12(11)13(14)10-15/h2-7H,8-10H2,1H3. The summed E-state index contributed by atoms with van der Waals surface area (Å²) in [4.78, 5) is 0. The van der Waals surface area contributed by atoms with Crippen LogP contribution in [0, 0.1) is 0 Å². The number of alkyl halides is 1. The fourth-order valence-electron chi connectivity index (χ4n) is 1.82. The second kappa shape index (κ2) is 6.18. The molecule has 2 rings (SSSR count). The SMILES string of the molecule is CSCCOc1ccc2ccccc2c1CCl. The molecule has 0 aliphatic carbocycles. The Morgan fingerprint density at radius 2 is 2.00 bits per heavy atom. The molecule has 17 heavy (non-hydrogen) atoms. The summed E-state index contributed by atoms with van der Waals surface area (Å²) >= 11 is 7.82. The second-order valence-electron chi connectivity index (χ2n) is 3.74. The third-order valence-electron chi connectivity index (χ3n) is 2.68. The van der Waals surface area contributed by atoms with E-state index in [0.29, 0.717) is 5.88 Å². The lowest BCUT2D eigenvalue weighted by atomic mass is 10.0. The van der Waals surface area contributed by atoms with Gasteiger partial charge < -0.3 is 4.74 Å². The molecule has 90 valence electrons. The average molecular weight is 267 g/mol. The molecule has 1 nitrogen and oxygen atoms in total. The minimum Gasteiger partial charge on any atom is -0.492 e. The highest BCUT2D eigenvalue weighted by Gasteiger charge is 2.07. The molecule has 0 atom stereocenters. The van der Waals surface area contributed by atoms with Crippen LogP contribution in [0.25, 0.3) is 10.8 Å². The topological polar surface area (TPSA) is 9.23 Å². The summed E-state index contributed by atoms with van der Waals surface area (Å²) in [7, 11) is 0. The first kappa shape index (κ1) is 12.6. The van der Waals surface area contributed by atoms with Gasteiger partial charge in [0.15, 0.2) is 0 Å². The maximum absolute atomic E-state index is 6.04. The Kier molecular flexibility index (Phi) is 4.57. The minimum atomic E-state index is 0.482. The van der Waals surface area contributed by atoms with Crippen LogP contribution in [0.15, 0.2) is 36.4 Å². The lowest BCUT2D eigenvalue weighted by Gasteiger charge is -2.12. The zero-order valence-corrected chi connectivity index (χ0v) is 11.4. The maximum atomic E-state index is 6.04. The van der Waals surface area contributed by atoms with E-state index in [1.807, 2.05) is 18.2 Å². The van der Waals surface area contributed by atoms with E-state index in [1.165, 1.54) is 10.8 Å². The summed E-state index contributed by atoms with van der Waals surface area (Å²) in [6.07, 6.45) is 2.08. The van der Waals surface area contributed by atoms with Crippen LogP contribution in [0.1, 0.15) is 5.56 Å². The van der Waals surface area contributed by atoms with E-state index in [0.717, 1.165) is 23.7 Å². The number of benzene rings is 2. The van der Waals surface area contributed by atoms with Crippen molar-refractivity contribution < 1.29 is 4.74 Å². The van der Waals surface area contributed by atoms with Crippen molar-refractivity contribution in [1.82, 2.24) is 0 Å². The summed E-state index contributed by atoms with van der Waals surface area (Å²) in [6, 6.07) is 12.4. The van der Waals surface area contributed by atoms with Crippen molar-refractivity contribution in [2.75, 3.05) is 18.6 Å². The van der Waals surface area contributed by atoms with Crippen molar-refractivity contribution in [3.05, 3.63) is 42.0 Å². The van der Waals surface area contributed by atoms with Crippen LogP contribution in [0.2, 0.25) is 0 Å². The molecule has 0 heterocycles. The Morgan fingerprint density at radius 3 is 2.76 bits per heavy atom. The van der Waals surface area contributed by atoms with E-state index in [-0.39, 0.29) is 0 Å². The molecule has 0 amide bonds. The smallest absolute Gasteiger partial charge is 0.124 e. The predicted molar refractivity (Wildman–Crippen MR) is 77.4 cm³/mol. The molecule has 0 saturated carbocycles. The fourth-order valence-corrected chi connectivity index (χ4v) is 2.35. The summed E-state index contributed by atoms with van der Waals surface area (Å²) in [6.45, 7) is 0.726. The lowest BCUT2D eigenvalue weighted by Crippen LogP contribution is -2.02. The average Bonchev–Trinajstić information content (AvgIpc) is 2.38. The van der Waals surface area contributed by atoms with Gasteiger partial charge in [0.25, 0.3) is 0 Å². The van der Waals surface area contributed by atoms with Gasteiger partial charge in [-0.2, -0.15) is 11.8 Å². The third kappa shape index (κ3) is 2.88. The number of halogens is 1. The van der Waals surface area contributed by atoms with Crippen molar-refractivity contribution in [3.63, 3.8) is 0 Å². The van der Waals surface area contributed by atoms with E-state index < -0.39 is 0 Å². The van der Waals surface area contributed by atoms with E-state index in [4.69, 9.17) is 16.3 Å². The van der Waals surface area contributed by atoms with Gasteiger partial charge in [0.2, 0.25) is 0 Å². The molecule has 0 aliphatic heterocycles. The molecule has 0 aromatic heterocycles. The van der Waals surface area contributed by atoms with Crippen LogP contribution in [0.3, 0.4) is 0 Å². The first-order valence-corrected chi connectivity index (χ1v) is 7.48. The summed E-state index contributed by atoms with van der Waals surface area (Å²) in [5.41, 5.74) is 1.09.